The van der Waals surface area contributed by atoms with Crippen molar-refractivity contribution < 1.29 is 4.79 Å². The van der Waals surface area contributed by atoms with Crippen molar-refractivity contribution in [3.8, 4) is 5.69 Å². The molecule has 130 valence electrons. The average molecular weight is 338 g/mol. The maximum Gasteiger partial charge on any atom is 0.225 e. The second kappa shape index (κ2) is 6.88. The Morgan fingerprint density at radius 1 is 1.24 bits per heavy atom. The number of aromatic nitrogens is 5. The van der Waals surface area contributed by atoms with Crippen molar-refractivity contribution in [2.75, 3.05) is 0 Å². The molecule has 0 aliphatic carbocycles. The summed E-state index contributed by atoms with van der Waals surface area (Å²) in [6, 6.07) is 7.82. The van der Waals surface area contributed by atoms with E-state index in [0.29, 0.717) is 6.42 Å². The Morgan fingerprint density at radius 2 is 1.96 bits per heavy atom. The van der Waals surface area contributed by atoms with Gasteiger partial charge in [-0.05, 0) is 38.5 Å². The van der Waals surface area contributed by atoms with Crippen molar-refractivity contribution in [2.45, 2.75) is 33.2 Å². The van der Waals surface area contributed by atoms with Gasteiger partial charge >= 0.3 is 0 Å². The van der Waals surface area contributed by atoms with Crippen molar-refractivity contribution >= 4 is 5.91 Å². The first-order valence-corrected chi connectivity index (χ1v) is 8.19. The molecule has 2 aromatic heterocycles. The molecular formula is C18H22N6O. The molecule has 2 heterocycles. The van der Waals surface area contributed by atoms with Crippen molar-refractivity contribution in [2.24, 2.45) is 7.05 Å². The van der Waals surface area contributed by atoms with Gasteiger partial charge in [-0.2, -0.15) is 10.2 Å². The van der Waals surface area contributed by atoms with Crippen molar-refractivity contribution in [3.63, 3.8) is 0 Å². The lowest BCUT2D eigenvalue weighted by molar-refractivity contribution is -0.121. The summed E-state index contributed by atoms with van der Waals surface area (Å²) in [4.78, 5) is 16.3. The molecule has 0 radical (unpaired) electrons. The van der Waals surface area contributed by atoms with Crippen LogP contribution in [0.5, 0.6) is 0 Å². The van der Waals surface area contributed by atoms with Crippen LogP contribution in [0.25, 0.3) is 5.69 Å². The first kappa shape index (κ1) is 16.9. The fraction of sp³-hybridized carbons (Fsp3) is 0.333. The summed E-state index contributed by atoms with van der Waals surface area (Å²) in [5.74, 6) is -0.00736. The summed E-state index contributed by atoms with van der Waals surface area (Å²) in [7, 11) is 1.89. The van der Waals surface area contributed by atoms with Gasteiger partial charge in [0, 0.05) is 18.3 Å². The minimum absolute atomic E-state index is 0.00736. The Kier molecular flexibility index (Phi) is 4.65. The standard InChI is InChI=1S/C18H22N6O/c1-12(15-5-7-16(8-6-15)24-11-19-10-20-24)21-18(25)9-17-13(2)22-23(4)14(17)3/h5-8,10-12H,9H2,1-4H3,(H,21,25). The van der Waals surface area contributed by atoms with Gasteiger partial charge in [-0.25, -0.2) is 9.67 Å². The van der Waals surface area contributed by atoms with Crippen molar-refractivity contribution in [1.82, 2.24) is 29.9 Å². The normalized spacial score (nSPS) is 12.2. The molecule has 0 spiro atoms. The van der Waals surface area contributed by atoms with E-state index in [0.717, 1.165) is 28.2 Å². The van der Waals surface area contributed by atoms with E-state index in [2.05, 4.69) is 20.5 Å². The van der Waals surface area contributed by atoms with E-state index in [-0.39, 0.29) is 11.9 Å². The largest absolute Gasteiger partial charge is 0.349 e. The van der Waals surface area contributed by atoms with Crippen LogP contribution in [0.4, 0.5) is 0 Å². The molecule has 1 N–H and O–H groups in total. The molecule has 0 fully saturated rings. The summed E-state index contributed by atoms with van der Waals surface area (Å²) in [5.41, 5.74) is 4.89. The van der Waals surface area contributed by atoms with E-state index in [1.165, 1.54) is 6.33 Å². The summed E-state index contributed by atoms with van der Waals surface area (Å²) < 4.78 is 3.51. The first-order chi connectivity index (χ1) is 12.0. The van der Waals surface area contributed by atoms with Crippen LogP contribution in [-0.2, 0) is 18.3 Å². The quantitative estimate of drug-likeness (QED) is 0.772. The summed E-state index contributed by atoms with van der Waals surface area (Å²) in [6.07, 6.45) is 3.49. The van der Waals surface area contributed by atoms with Crippen LogP contribution >= 0.6 is 0 Å². The van der Waals surface area contributed by atoms with E-state index in [4.69, 9.17) is 0 Å². The molecule has 0 saturated heterocycles. The average Bonchev–Trinajstić information content (AvgIpc) is 3.20. The third kappa shape index (κ3) is 3.60. The lowest BCUT2D eigenvalue weighted by atomic mass is 10.1. The monoisotopic (exact) mass is 338 g/mol. The van der Waals surface area contributed by atoms with Crippen LogP contribution in [0.3, 0.4) is 0 Å². The predicted molar refractivity (Wildman–Crippen MR) is 94.3 cm³/mol. The lowest BCUT2D eigenvalue weighted by Crippen LogP contribution is -2.28. The zero-order valence-electron chi connectivity index (χ0n) is 14.9. The van der Waals surface area contributed by atoms with Gasteiger partial charge in [-0.3, -0.25) is 9.48 Å². The van der Waals surface area contributed by atoms with E-state index in [1.54, 1.807) is 11.0 Å². The number of aryl methyl sites for hydroxylation is 2. The molecule has 7 heteroatoms. The molecule has 0 saturated carbocycles. The van der Waals surface area contributed by atoms with Crippen molar-refractivity contribution in [1.29, 1.82) is 0 Å². The number of rotatable bonds is 5. The van der Waals surface area contributed by atoms with Gasteiger partial charge in [0.15, 0.2) is 0 Å². The molecule has 0 aliphatic heterocycles. The van der Waals surface area contributed by atoms with Gasteiger partial charge in [0.05, 0.1) is 23.8 Å². The zero-order valence-corrected chi connectivity index (χ0v) is 14.9. The minimum Gasteiger partial charge on any atom is -0.349 e. The predicted octanol–water partition coefficient (Wildman–Crippen LogP) is 2.04. The van der Waals surface area contributed by atoms with Gasteiger partial charge in [0.25, 0.3) is 0 Å². The van der Waals surface area contributed by atoms with Crippen LogP contribution < -0.4 is 5.32 Å². The fourth-order valence-corrected chi connectivity index (χ4v) is 2.87. The highest BCUT2D eigenvalue weighted by Crippen LogP contribution is 2.17. The number of hydrogen-bond donors (Lipinski definition) is 1. The van der Waals surface area contributed by atoms with E-state index >= 15 is 0 Å². The van der Waals surface area contributed by atoms with Crippen LogP contribution in [0.15, 0.2) is 36.9 Å². The second-order valence-corrected chi connectivity index (χ2v) is 6.17. The van der Waals surface area contributed by atoms with Crippen LogP contribution in [0, 0.1) is 13.8 Å². The molecule has 7 nitrogen and oxygen atoms in total. The van der Waals surface area contributed by atoms with Crippen molar-refractivity contribution in [3.05, 3.63) is 59.4 Å². The third-order valence-electron chi connectivity index (χ3n) is 4.45. The smallest absolute Gasteiger partial charge is 0.225 e. The van der Waals surface area contributed by atoms with Gasteiger partial charge in [0.1, 0.15) is 12.7 Å². The molecule has 1 aromatic carbocycles. The number of hydrogen-bond acceptors (Lipinski definition) is 4. The second-order valence-electron chi connectivity index (χ2n) is 6.17. The van der Waals surface area contributed by atoms with Crippen LogP contribution in [0.1, 0.15) is 35.5 Å². The number of carbonyl (C=O) groups is 1. The summed E-state index contributed by atoms with van der Waals surface area (Å²) in [6.45, 7) is 5.89. The molecule has 0 aliphatic rings. The molecule has 1 atom stereocenters. The lowest BCUT2D eigenvalue weighted by Gasteiger charge is -2.15. The Bertz CT molecular complexity index is 864. The molecule has 3 aromatic rings. The number of nitrogens with zero attached hydrogens (tertiary/aromatic N) is 5. The molecule has 1 amide bonds. The Labute approximate surface area is 146 Å². The summed E-state index contributed by atoms with van der Waals surface area (Å²) in [5, 5.41) is 11.5. The van der Waals surface area contributed by atoms with Gasteiger partial charge in [-0.15, -0.1) is 0 Å². The third-order valence-corrected chi connectivity index (χ3v) is 4.45. The fourth-order valence-electron chi connectivity index (χ4n) is 2.87. The van der Waals surface area contributed by atoms with Gasteiger partial charge in [-0.1, -0.05) is 12.1 Å². The maximum absolute atomic E-state index is 12.4. The van der Waals surface area contributed by atoms with Crippen LogP contribution in [-0.4, -0.2) is 30.5 Å². The number of amides is 1. The number of carbonyl (C=O) groups excluding carboxylic acids is 1. The zero-order chi connectivity index (χ0) is 18.0. The molecular weight excluding hydrogens is 316 g/mol. The Balaban J connectivity index is 1.65. The Morgan fingerprint density at radius 3 is 2.52 bits per heavy atom. The highest BCUT2D eigenvalue weighted by Gasteiger charge is 2.15. The number of benzene rings is 1. The Hall–Kier alpha value is -2.96. The number of nitrogens with one attached hydrogen (secondary N) is 1. The molecule has 3 rings (SSSR count). The van der Waals surface area contributed by atoms with E-state index in [1.807, 2.05) is 56.8 Å². The highest BCUT2D eigenvalue weighted by atomic mass is 16.1. The summed E-state index contributed by atoms with van der Waals surface area (Å²) >= 11 is 0. The van der Waals surface area contributed by atoms with Gasteiger partial charge in [0.2, 0.25) is 5.91 Å². The molecule has 1 unspecified atom stereocenters. The van der Waals surface area contributed by atoms with Crippen LogP contribution in [0.2, 0.25) is 0 Å². The maximum atomic E-state index is 12.4. The topological polar surface area (TPSA) is 77.6 Å². The SMILES string of the molecule is Cc1nn(C)c(C)c1CC(=O)NC(C)c1ccc(-n2cncn2)cc1. The van der Waals surface area contributed by atoms with E-state index in [9.17, 15) is 4.79 Å². The van der Waals surface area contributed by atoms with Gasteiger partial charge < -0.3 is 5.32 Å². The molecule has 25 heavy (non-hydrogen) atoms. The highest BCUT2D eigenvalue weighted by molar-refractivity contribution is 5.79. The van der Waals surface area contributed by atoms with E-state index < -0.39 is 0 Å². The first-order valence-electron chi connectivity index (χ1n) is 8.19. The molecule has 0 bridgehead atoms. The minimum atomic E-state index is -0.0745.